The van der Waals surface area contributed by atoms with Crippen LogP contribution in [0, 0.1) is 11.8 Å². The monoisotopic (exact) mass is 458 g/mol. The van der Waals surface area contributed by atoms with Crippen LogP contribution in [0.3, 0.4) is 0 Å². The van der Waals surface area contributed by atoms with E-state index in [-0.39, 0.29) is 29.5 Å². The number of likely N-dealkylation sites (tertiary alicyclic amines) is 1. The molecule has 2 aromatic carbocycles. The van der Waals surface area contributed by atoms with Crippen molar-refractivity contribution in [2.24, 2.45) is 11.8 Å². The van der Waals surface area contributed by atoms with Crippen LogP contribution < -0.4 is 4.31 Å². The number of piperidine rings is 1. The number of carbonyl (C=O) groups is 2. The van der Waals surface area contributed by atoms with Crippen LogP contribution in [-0.2, 0) is 19.6 Å². The van der Waals surface area contributed by atoms with E-state index in [4.69, 9.17) is 4.74 Å². The second kappa shape index (κ2) is 10.2. The van der Waals surface area contributed by atoms with Gasteiger partial charge in [0.15, 0.2) is 6.61 Å². The summed E-state index contributed by atoms with van der Waals surface area (Å²) in [4.78, 5) is 26.7. The SMILES string of the molecule is CCN(c1ccccc1)S(=O)(=O)c1cccc(C(=O)OCC(=O)N2CC(C)CC(C)C2)c1. The Morgan fingerprint density at radius 3 is 2.31 bits per heavy atom. The number of ether oxygens (including phenoxy) is 1. The van der Waals surface area contributed by atoms with Crippen LogP contribution in [0.15, 0.2) is 59.5 Å². The Kier molecular flexibility index (Phi) is 7.56. The molecule has 1 fully saturated rings. The smallest absolute Gasteiger partial charge is 0.338 e. The Morgan fingerprint density at radius 2 is 1.69 bits per heavy atom. The summed E-state index contributed by atoms with van der Waals surface area (Å²) in [5.74, 6) is -0.143. The van der Waals surface area contributed by atoms with Crippen LogP contribution in [0.2, 0.25) is 0 Å². The lowest BCUT2D eigenvalue weighted by Gasteiger charge is -2.34. The molecular formula is C24H30N2O5S. The van der Waals surface area contributed by atoms with Crippen LogP contribution in [0.4, 0.5) is 5.69 Å². The fraction of sp³-hybridized carbons (Fsp3) is 0.417. The van der Waals surface area contributed by atoms with Gasteiger partial charge in [0.2, 0.25) is 0 Å². The van der Waals surface area contributed by atoms with Gasteiger partial charge in [-0.25, -0.2) is 13.2 Å². The first-order valence-electron chi connectivity index (χ1n) is 10.8. The zero-order valence-corrected chi connectivity index (χ0v) is 19.5. The van der Waals surface area contributed by atoms with E-state index in [1.807, 2.05) is 6.07 Å². The highest BCUT2D eigenvalue weighted by Gasteiger charge is 2.27. The second-order valence-electron chi connectivity index (χ2n) is 8.35. The van der Waals surface area contributed by atoms with Gasteiger partial charge in [-0.2, -0.15) is 0 Å². The van der Waals surface area contributed by atoms with Gasteiger partial charge in [-0.1, -0.05) is 38.1 Å². The van der Waals surface area contributed by atoms with Crippen LogP contribution in [0.1, 0.15) is 37.6 Å². The molecule has 8 heteroatoms. The van der Waals surface area contributed by atoms with Crippen molar-refractivity contribution in [2.45, 2.75) is 32.1 Å². The number of amides is 1. The van der Waals surface area contributed by atoms with Gasteiger partial charge in [0.05, 0.1) is 16.1 Å². The zero-order valence-electron chi connectivity index (χ0n) is 18.7. The maximum Gasteiger partial charge on any atom is 0.338 e. The number of sulfonamides is 1. The van der Waals surface area contributed by atoms with Gasteiger partial charge >= 0.3 is 5.97 Å². The lowest BCUT2D eigenvalue weighted by atomic mass is 9.92. The van der Waals surface area contributed by atoms with Gasteiger partial charge in [0, 0.05) is 19.6 Å². The molecule has 7 nitrogen and oxygen atoms in total. The molecule has 0 bridgehead atoms. The standard InChI is InChI=1S/C24H30N2O5S/c1-4-26(21-10-6-5-7-11-21)32(29,30)22-12-8-9-20(14-22)24(28)31-17-23(27)25-15-18(2)13-19(3)16-25/h5-12,14,18-19H,4,13,15-17H2,1-3H3. The number of hydrogen-bond donors (Lipinski definition) is 0. The molecule has 0 spiro atoms. The Balaban J connectivity index is 1.71. The predicted molar refractivity (Wildman–Crippen MR) is 123 cm³/mol. The number of anilines is 1. The number of para-hydroxylation sites is 1. The van der Waals surface area contributed by atoms with Gasteiger partial charge in [-0.15, -0.1) is 0 Å². The third kappa shape index (κ3) is 5.48. The molecule has 0 N–H and O–H groups in total. The average Bonchev–Trinajstić information content (AvgIpc) is 2.77. The van der Waals surface area contributed by atoms with Gasteiger partial charge in [-0.05, 0) is 55.5 Å². The van der Waals surface area contributed by atoms with Gasteiger partial charge in [0.1, 0.15) is 0 Å². The van der Waals surface area contributed by atoms with Crippen molar-refractivity contribution in [3.8, 4) is 0 Å². The number of esters is 1. The van der Waals surface area contributed by atoms with E-state index in [1.54, 1.807) is 36.1 Å². The van der Waals surface area contributed by atoms with E-state index in [0.717, 1.165) is 6.42 Å². The molecule has 1 saturated heterocycles. The average molecular weight is 459 g/mol. The van der Waals surface area contributed by atoms with Crippen molar-refractivity contribution in [2.75, 3.05) is 30.5 Å². The highest BCUT2D eigenvalue weighted by Crippen LogP contribution is 2.24. The summed E-state index contributed by atoms with van der Waals surface area (Å²) in [5, 5.41) is 0. The first-order valence-corrected chi connectivity index (χ1v) is 12.3. The number of rotatable bonds is 7. The minimum atomic E-state index is -3.87. The van der Waals surface area contributed by atoms with Crippen LogP contribution >= 0.6 is 0 Å². The molecule has 1 amide bonds. The third-order valence-corrected chi connectivity index (χ3v) is 7.44. The van der Waals surface area contributed by atoms with E-state index in [1.165, 1.54) is 28.6 Å². The van der Waals surface area contributed by atoms with Crippen molar-refractivity contribution in [1.82, 2.24) is 4.90 Å². The Morgan fingerprint density at radius 1 is 1.03 bits per heavy atom. The fourth-order valence-electron chi connectivity index (χ4n) is 4.16. The number of benzene rings is 2. The van der Waals surface area contributed by atoms with Gasteiger partial charge < -0.3 is 9.64 Å². The van der Waals surface area contributed by atoms with Crippen molar-refractivity contribution in [3.05, 3.63) is 60.2 Å². The Bertz CT molecular complexity index is 1050. The first kappa shape index (κ1) is 23.8. The van der Waals surface area contributed by atoms with E-state index in [0.29, 0.717) is 30.6 Å². The molecule has 3 rings (SSSR count). The summed E-state index contributed by atoms with van der Waals surface area (Å²) >= 11 is 0. The van der Waals surface area contributed by atoms with E-state index >= 15 is 0 Å². The van der Waals surface area contributed by atoms with E-state index < -0.39 is 16.0 Å². The Hall–Kier alpha value is -2.87. The summed E-state index contributed by atoms with van der Waals surface area (Å²) in [7, 11) is -3.87. The maximum absolute atomic E-state index is 13.2. The fourth-order valence-corrected chi connectivity index (χ4v) is 5.68. The summed E-state index contributed by atoms with van der Waals surface area (Å²) in [6.07, 6.45) is 1.07. The molecule has 32 heavy (non-hydrogen) atoms. The lowest BCUT2D eigenvalue weighted by molar-refractivity contribution is -0.137. The van der Waals surface area contributed by atoms with Crippen molar-refractivity contribution < 1.29 is 22.7 Å². The number of carbonyl (C=O) groups excluding carboxylic acids is 2. The molecule has 2 unspecified atom stereocenters. The summed E-state index contributed by atoms with van der Waals surface area (Å²) in [5.41, 5.74) is 0.627. The van der Waals surface area contributed by atoms with Crippen molar-refractivity contribution in [1.29, 1.82) is 0 Å². The molecule has 0 radical (unpaired) electrons. The molecule has 0 saturated carbocycles. The molecular weight excluding hydrogens is 428 g/mol. The van der Waals surface area contributed by atoms with E-state index in [2.05, 4.69) is 13.8 Å². The molecule has 0 aromatic heterocycles. The molecule has 1 aliphatic heterocycles. The zero-order chi connectivity index (χ0) is 23.3. The minimum absolute atomic E-state index is 0.0114. The van der Waals surface area contributed by atoms with Crippen LogP contribution in [0.5, 0.6) is 0 Å². The maximum atomic E-state index is 13.2. The molecule has 2 aromatic rings. The van der Waals surface area contributed by atoms with Crippen LogP contribution in [0.25, 0.3) is 0 Å². The normalized spacial score (nSPS) is 18.8. The summed E-state index contributed by atoms with van der Waals surface area (Å²) in [6.45, 7) is 7.13. The summed E-state index contributed by atoms with van der Waals surface area (Å²) < 4.78 is 32.9. The van der Waals surface area contributed by atoms with Gasteiger partial charge in [0.25, 0.3) is 15.9 Å². The molecule has 172 valence electrons. The summed E-state index contributed by atoms with van der Waals surface area (Å²) in [6, 6.07) is 14.5. The van der Waals surface area contributed by atoms with Gasteiger partial charge in [-0.3, -0.25) is 9.10 Å². The third-order valence-electron chi connectivity index (χ3n) is 5.54. The second-order valence-corrected chi connectivity index (χ2v) is 10.2. The lowest BCUT2D eigenvalue weighted by Crippen LogP contribution is -2.44. The molecule has 1 heterocycles. The van der Waals surface area contributed by atoms with Crippen molar-refractivity contribution >= 4 is 27.6 Å². The number of nitrogens with zero attached hydrogens (tertiary/aromatic N) is 2. The highest BCUT2D eigenvalue weighted by atomic mass is 32.2. The molecule has 2 atom stereocenters. The highest BCUT2D eigenvalue weighted by molar-refractivity contribution is 7.92. The quantitative estimate of drug-likeness (QED) is 0.593. The minimum Gasteiger partial charge on any atom is -0.452 e. The van der Waals surface area contributed by atoms with Crippen molar-refractivity contribution in [3.63, 3.8) is 0 Å². The largest absolute Gasteiger partial charge is 0.452 e. The first-order chi connectivity index (χ1) is 15.2. The topological polar surface area (TPSA) is 84.0 Å². The number of hydrogen-bond acceptors (Lipinski definition) is 5. The van der Waals surface area contributed by atoms with E-state index in [9.17, 15) is 18.0 Å². The predicted octanol–water partition coefficient (Wildman–Crippen LogP) is 3.56. The molecule has 1 aliphatic rings. The van der Waals surface area contributed by atoms with Crippen LogP contribution in [-0.4, -0.2) is 51.4 Å². The Labute approximate surface area is 190 Å². The molecule has 0 aliphatic carbocycles.